The zero-order valence-electron chi connectivity index (χ0n) is 9.83. The number of nitrogens with one attached hydrogen (secondary N) is 1. The smallest absolute Gasteiger partial charge is 0.314 e. The highest BCUT2D eigenvalue weighted by Gasteiger charge is 2.33. The predicted molar refractivity (Wildman–Crippen MR) is 66.8 cm³/mol. The Labute approximate surface area is 111 Å². The molecule has 0 saturated carbocycles. The van der Waals surface area contributed by atoms with Crippen molar-refractivity contribution in [1.29, 1.82) is 0 Å². The van der Waals surface area contributed by atoms with Crippen LogP contribution in [0, 0.1) is 0 Å². The van der Waals surface area contributed by atoms with Gasteiger partial charge in [0.15, 0.2) is 0 Å². The van der Waals surface area contributed by atoms with E-state index in [1.165, 1.54) is 6.07 Å². The van der Waals surface area contributed by atoms with Crippen LogP contribution in [-0.2, 0) is 12.7 Å². The average molecular weight is 281 g/mol. The van der Waals surface area contributed by atoms with E-state index in [1.807, 2.05) is 4.90 Å². The van der Waals surface area contributed by atoms with E-state index in [9.17, 15) is 13.2 Å². The van der Waals surface area contributed by atoms with Crippen molar-refractivity contribution in [1.82, 2.24) is 10.2 Å². The first-order valence-corrected chi connectivity index (χ1v) is 5.65. The number of hydrogen-bond donors (Lipinski definition) is 1. The lowest BCUT2D eigenvalue weighted by molar-refractivity contribution is -0.138. The SMILES string of the molecule is Cl.FC(F)(F)c1ccccc1CN1CCNCC1. The van der Waals surface area contributed by atoms with E-state index in [0.717, 1.165) is 32.2 Å². The third-order valence-electron chi connectivity index (χ3n) is 2.93. The summed E-state index contributed by atoms with van der Waals surface area (Å²) in [6, 6.07) is 5.80. The molecule has 1 aliphatic heterocycles. The molecule has 2 nitrogen and oxygen atoms in total. The Morgan fingerprint density at radius 1 is 1.11 bits per heavy atom. The van der Waals surface area contributed by atoms with Gasteiger partial charge in [0.2, 0.25) is 0 Å². The van der Waals surface area contributed by atoms with E-state index in [1.54, 1.807) is 12.1 Å². The number of hydrogen-bond acceptors (Lipinski definition) is 2. The highest BCUT2D eigenvalue weighted by atomic mass is 35.5. The van der Waals surface area contributed by atoms with Crippen LogP contribution in [0.2, 0.25) is 0 Å². The minimum Gasteiger partial charge on any atom is -0.314 e. The third kappa shape index (κ3) is 3.86. The molecule has 1 heterocycles. The maximum absolute atomic E-state index is 12.8. The van der Waals surface area contributed by atoms with E-state index in [2.05, 4.69) is 5.32 Å². The molecule has 0 atom stereocenters. The number of halogens is 4. The van der Waals surface area contributed by atoms with Gasteiger partial charge in [-0.3, -0.25) is 4.90 Å². The van der Waals surface area contributed by atoms with Crippen molar-refractivity contribution in [2.75, 3.05) is 26.2 Å². The van der Waals surface area contributed by atoms with E-state index < -0.39 is 11.7 Å². The van der Waals surface area contributed by atoms with Crippen molar-refractivity contribution in [2.24, 2.45) is 0 Å². The Morgan fingerprint density at radius 2 is 1.72 bits per heavy atom. The van der Waals surface area contributed by atoms with E-state index in [-0.39, 0.29) is 12.4 Å². The molecule has 1 aromatic rings. The third-order valence-corrected chi connectivity index (χ3v) is 2.93. The van der Waals surface area contributed by atoms with Gasteiger partial charge in [-0.1, -0.05) is 18.2 Å². The lowest BCUT2D eigenvalue weighted by Gasteiger charge is -2.28. The molecule has 2 rings (SSSR count). The van der Waals surface area contributed by atoms with Gasteiger partial charge in [0.05, 0.1) is 5.56 Å². The monoisotopic (exact) mass is 280 g/mol. The van der Waals surface area contributed by atoms with Crippen LogP contribution < -0.4 is 5.32 Å². The minimum absolute atomic E-state index is 0. The fraction of sp³-hybridized carbons (Fsp3) is 0.500. The lowest BCUT2D eigenvalue weighted by Crippen LogP contribution is -2.43. The molecule has 1 N–H and O–H groups in total. The summed E-state index contributed by atoms with van der Waals surface area (Å²) in [7, 11) is 0. The molecule has 0 amide bonds. The molecule has 1 aromatic carbocycles. The fourth-order valence-electron chi connectivity index (χ4n) is 2.04. The maximum Gasteiger partial charge on any atom is 0.416 e. The van der Waals surface area contributed by atoms with Crippen molar-refractivity contribution in [3.05, 3.63) is 35.4 Å². The predicted octanol–water partition coefficient (Wildman–Crippen LogP) is 2.53. The molecule has 1 saturated heterocycles. The van der Waals surface area contributed by atoms with Crippen LogP contribution in [0.5, 0.6) is 0 Å². The van der Waals surface area contributed by atoms with E-state index in [4.69, 9.17) is 0 Å². The highest BCUT2D eigenvalue weighted by Crippen LogP contribution is 2.32. The number of piperazine rings is 1. The Hall–Kier alpha value is -0.780. The van der Waals surface area contributed by atoms with Gasteiger partial charge in [0.25, 0.3) is 0 Å². The largest absolute Gasteiger partial charge is 0.416 e. The van der Waals surface area contributed by atoms with E-state index >= 15 is 0 Å². The van der Waals surface area contributed by atoms with Crippen LogP contribution in [0.4, 0.5) is 13.2 Å². The maximum atomic E-state index is 12.8. The normalized spacial score (nSPS) is 17.3. The van der Waals surface area contributed by atoms with Crippen LogP contribution in [0.1, 0.15) is 11.1 Å². The first-order valence-electron chi connectivity index (χ1n) is 5.65. The molecule has 0 aliphatic carbocycles. The Balaban J connectivity index is 0.00000162. The van der Waals surface area contributed by atoms with Crippen LogP contribution in [0.15, 0.2) is 24.3 Å². The molecule has 0 spiro atoms. The van der Waals surface area contributed by atoms with Crippen molar-refractivity contribution in [3.63, 3.8) is 0 Å². The van der Waals surface area contributed by atoms with Crippen molar-refractivity contribution < 1.29 is 13.2 Å². The number of rotatable bonds is 2. The molecule has 0 radical (unpaired) electrons. The summed E-state index contributed by atoms with van der Waals surface area (Å²) in [6.45, 7) is 3.65. The molecule has 0 aromatic heterocycles. The zero-order chi connectivity index (χ0) is 12.3. The van der Waals surface area contributed by atoms with Crippen LogP contribution in [0.3, 0.4) is 0 Å². The molecule has 6 heteroatoms. The van der Waals surface area contributed by atoms with Gasteiger partial charge in [-0.2, -0.15) is 13.2 Å². The van der Waals surface area contributed by atoms with Gasteiger partial charge in [0, 0.05) is 32.7 Å². The molecule has 18 heavy (non-hydrogen) atoms. The first kappa shape index (κ1) is 15.3. The van der Waals surface area contributed by atoms with Crippen LogP contribution in [-0.4, -0.2) is 31.1 Å². The summed E-state index contributed by atoms with van der Waals surface area (Å²) < 4.78 is 38.3. The zero-order valence-corrected chi connectivity index (χ0v) is 10.7. The summed E-state index contributed by atoms with van der Waals surface area (Å²) in [4.78, 5) is 2.04. The second kappa shape index (κ2) is 6.41. The molecular weight excluding hydrogens is 265 g/mol. The summed E-state index contributed by atoms with van der Waals surface area (Å²) in [6.07, 6.45) is -4.26. The standard InChI is InChI=1S/C12H15F3N2.ClH/c13-12(14,15)11-4-2-1-3-10(11)9-17-7-5-16-6-8-17;/h1-4,16H,5-9H2;1H. The number of nitrogens with zero attached hydrogens (tertiary/aromatic N) is 1. The topological polar surface area (TPSA) is 15.3 Å². The van der Waals surface area contributed by atoms with Crippen LogP contribution in [0.25, 0.3) is 0 Å². The summed E-state index contributed by atoms with van der Waals surface area (Å²) in [5, 5.41) is 3.18. The Bertz CT molecular complexity index is 376. The second-order valence-electron chi connectivity index (χ2n) is 4.18. The molecule has 0 unspecified atom stereocenters. The first-order chi connectivity index (χ1) is 8.07. The van der Waals surface area contributed by atoms with Crippen molar-refractivity contribution >= 4 is 12.4 Å². The van der Waals surface area contributed by atoms with Gasteiger partial charge in [-0.15, -0.1) is 12.4 Å². The Morgan fingerprint density at radius 3 is 2.33 bits per heavy atom. The summed E-state index contributed by atoms with van der Waals surface area (Å²) in [5.74, 6) is 0. The Kier molecular flexibility index (Phi) is 5.44. The summed E-state index contributed by atoms with van der Waals surface area (Å²) in [5.41, 5.74) is -0.152. The number of benzene rings is 1. The molecule has 102 valence electrons. The molecule has 1 aliphatic rings. The lowest BCUT2D eigenvalue weighted by atomic mass is 10.1. The number of alkyl halides is 3. The van der Waals surface area contributed by atoms with Crippen molar-refractivity contribution in [3.8, 4) is 0 Å². The summed E-state index contributed by atoms with van der Waals surface area (Å²) >= 11 is 0. The second-order valence-corrected chi connectivity index (χ2v) is 4.18. The van der Waals surface area contributed by atoms with Gasteiger partial charge >= 0.3 is 6.18 Å². The van der Waals surface area contributed by atoms with E-state index in [0.29, 0.717) is 12.1 Å². The van der Waals surface area contributed by atoms with Crippen molar-refractivity contribution in [2.45, 2.75) is 12.7 Å². The quantitative estimate of drug-likeness (QED) is 0.896. The molecule has 0 bridgehead atoms. The van der Waals surface area contributed by atoms with Crippen LogP contribution >= 0.6 is 12.4 Å². The molecular formula is C12H16ClF3N2. The highest BCUT2D eigenvalue weighted by molar-refractivity contribution is 5.85. The average Bonchev–Trinajstić information content (AvgIpc) is 2.30. The van der Waals surface area contributed by atoms with Gasteiger partial charge in [0.1, 0.15) is 0 Å². The fourth-order valence-corrected chi connectivity index (χ4v) is 2.04. The van der Waals surface area contributed by atoms with Gasteiger partial charge in [-0.05, 0) is 11.6 Å². The minimum atomic E-state index is -4.26. The van der Waals surface area contributed by atoms with Gasteiger partial charge in [-0.25, -0.2) is 0 Å². The van der Waals surface area contributed by atoms with Gasteiger partial charge < -0.3 is 5.32 Å². The molecule has 1 fully saturated rings.